The molecule has 0 saturated heterocycles. The number of hydrogen-bond acceptors (Lipinski definition) is 2. The quantitative estimate of drug-likeness (QED) is 0.805. The van der Waals surface area contributed by atoms with Crippen LogP contribution in [0.2, 0.25) is 0 Å². The molecule has 104 valence electrons. The van der Waals surface area contributed by atoms with Gasteiger partial charge in [-0.25, -0.2) is 0 Å². The van der Waals surface area contributed by atoms with E-state index in [4.69, 9.17) is 0 Å². The average Bonchev–Trinajstić information content (AvgIpc) is 3.04. The van der Waals surface area contributed by atoms with Crippen molar-refractivity contribution in [3.63, 3.8) is 0 Å². The molecule has 0 fully saturated rings. The molecule has 0 aliphatic heterocycles. The maximum Gasteiger partial charge on any atom is 0.0358 e. The topological polar surface area (TPSA) is 17.0 Å². The lowest BCUT2D eigenvalue weighted by Crippen LogP contribution is -2.25. The Kier molecular flexibility index (Phi) is 5.23. The van der Waals surface area contributed by atoms with E-state index >= 15 is 0 Å². The number of rotatable bonds is 7. The standard InChI is InChI=1S/C16H24N2S/c1-4-17-16(13(2)3)14-7-9-18(12-14)10-8-15-6-5-11-19-15/h5-7,9,11-13,16-17H,4,8,10H2,1-3H3. The minimum Gasteiger partial charge on any atom is -0.354 e. The summed E-state index contributed by atoms with van der Waals surface area (Å²) >= 11 is 1.84. The van der Waals surface area contributed by atoms with Gasteiger partial charge in [0.05, 0.1) is 0 Å². The first-order chi connectivity index (χ1) is 9.20. The second kappa shape index (κ2) is 6.92. The molecule has 3 heteroatoms. The van der Waals surface area contributed by atoms with Crippen molar-refractivity contribution in [2.24, 2.45) is 5.92 Å². The first kappa shape index (κ1) is 14.4. The van der Waals surface area contributed by atoms with Gasteiger partial charge >= 0.3 is 0 Å². The van der Waals surface area contributed by atoms with Crippen LogP contribution in [0.3, 0.4) is 0 Å². The molecule has 0 saturated carbocycles. The van der Waals surface area contributed by atoms with Crippen LogP contribution in [0.25, 0.3) is 0 Å². The molecular weight excluding hydrogens is 252 g/mol. The van der Waals surface area contributed by atoms with Crippen molar-refractivity contribution >= 4 is 11.3 Å². The molecule has 0 amide bonds. The lowest BCUT2D eigenvalue weighted by Gasteiger charge is -2.20. The highest BCUT2D eigenvalue weighted by Crippen LogP contribution is 2.22. The van der Waals surface area contributed by atoms with Crippen LogP contribution in [0.5, 0.6) is 0 Å². The van der Waals surface area contributed by atoms with Crippen molar-refractivity contribution in [1.82, 2.24) is 9.88 Å². The van der Waals surface area contributed by atoms with E-state index in [0.29, 0.717) is 12.0 Å². The summed E-state index contributed by atoms with van der Waals surface area (Å²) in [4.78, 5) is 1.46. The average molecular weight is 276 g/mol. The van der Waals surface area contributed by atoms with Gasteiger partial charge in [0, 0.05) is 29.9 Å². The Balaban J connectivity index is 1.97. The molecule has 1 unspecified atom stereocenters. The molecule has 0 aromatic carbocycles. The zero-order chi connectivity index (χ0) is 13.7. The highest BCUT2D eigenvalue weighted by molar-refractivity contribution is 7.09. The summed E-state index contributed by atoms with van der Waals surface area (Å²) in [5.74, 6) is 0.619. The molecule has 2 nitrogen and oxygen atoms in total. The Morgan fingerprint density at radius 1 is 1.32 bits per heavy atom. The van der Waals surface area contributed by atoms with Gasteiger partial charge in [-0.1, -0.05) is 26.8 Å². The fraction of sp³-hybridized carbons (Fsp3) is 0.500. The molecule has 2 rings (SSSR count). The third-order valence-electron chi connectivity index (χ3n) is 3.42. The van der Waals surface area contributed by atoms with Gasteiger partial charge in [-0.2, -0.15) is 0 Å². The Hall–Kier alpha value is -1.06. The number of aromatic nitrogens is 1. The van der Waals surface area contributed by atoms with E-state index in [2.05, 4.69) is 66.6 Å². The van der Waals surface area contributed by atoms with E-state index in [1.807, 2.05) is 11.3 Å². The molecular formula is C16H24N2S. The van der Waals surface area contributed by atoms with Gasteiger partial charge < -0.3 is 9.88 Å². The Morgan fingerprint density at radius 2 is 2.16 bits per heavy atom. The van der Waals surface area contributed by atoms with Crippen LogP contribution in [0.4, 0.5) is 0 Å². The number of aryl methyl sites for hydroxylation is 2. The van der Waals surface area contributed by atoms with E-state index in [0.717, 1.165) is 19.5 Å². The monoisotopic (exact) mass is 276 g/mol. The molecule has 1 N–H and O–H groups in total. The van der Waals surface area contributed by atoms with Crippen molar-refractivity contribution in [3.05, 3.63) is 46.4 Å². The largest absolute Gasteiger partial charge is 0.354 e. The van der Waals surface area contributed by atoms with Gasteiger partial charge in [-0.05, 0) is 42.0 Å². The lowest BCUT2D eigenvalue weighted by molar-refractivity contribution is 0.421. The molecule has 0 bridgehead atoms. The Morgan fingerprint density at radius 3 is 2.79 bits per heavy atom. The zero-order valence-electron chi connectivity index (χ0n) is 12.1. The van der Waals surface area contributed by atoms with Gasteiger partial charge in [-0.15, -0.1) is 11.3 Å². The summed E-state index contributed by atoms with van der Waals surface area (Å²) < 4.78 is 2.31. The normalized spacial score (nSPS) is 13.1. The molecule has 2 aromatic rings. The molecule has 0 aliphatic carbocycles. The predicted octanol–water partition coefficient (Wildman–Crippen LogP) is 4.10. The number of thiophene rings is 1. The molecule has 0 spiro atoms. The minimum atomic E-state index is 0.466. The van der Waals surface area contributed by atoms with Gasteiger partial charge in [0.1, 0.15) is 0 Å². The summed E-state index contributed by atoms with van der Waals surface area (Å²) in [5.41, 5.74) is 1.41. The third kappa shape index (κ3) is 3.95. The molecule has 0 aliphatic rings. The second-order valence-electron chi connectivity index (χ2n) is 5.29. The maximum absolute atomic E-state index is 3.57. The van der Waals surface area contributed by atoms with Crippen LogP contribution >= 0.6 is 11.3 Å². The van der Waals surface area contributed by atoms with E-state index in [-0.39, 0.29) is 0 Å². The summed E-state index contributed by atoms with van der Waals surface area (Å²) in [5, 5.41) is 5.72. The first-order valence-corrected chi connectivity index (χ1v) is 8.00. The number of nitrogens with one attached hydrogen (secondary N) is 1. The number of hydrogen-bond donors (Lipinski definition) is 1. The Labute approximate surface area is 120 Å². The van der Waals surface area contributed by atoms with Crippen molar-refractivity contribution < 1.29 is 0 Å². The maximum atomic E-state index is 3.57. The van der Waals surface area contributed by atoms with E-state index in [1.165, 1.54) is 10.4 Å². The smallest absolute Gasteiger partial charge is 0.0358 e. The van der Waals surface area contributed by atoms with Crippen LogP contribution in [0, 0.1) is 5.92 Å². The van der Waals surface area contributed by atoms with Gasteiger partial charge in [0.15, 0.2) is 0 Å². The second-order valence-corrected chi connectivity index (χ2v) is 6.32. The lowest BCUT2D eigenvalue weighted by atomic mass is 9.98. The SMILES string of the molecule is CCNC(c1ccn(CCc2cccs2)c1)C(C)C. The summed E-state index contributed by atoms with van der Waals surface area (Å²) in [6, 6.07) is 7.06. The van der Waals surface area contributed by atoms with Crippen LogP contribution in [0.1, 0.15) is 37.3 Å². The van der Waals surface area contributed by atoms with E-state index < -0.39 is 0 Å². The van der Waals surface area contributed by atoms with E-state index in [9.17, 15) is 0 Å². The number of nitrogens with zero attached hydrogens (tertiary/aromatic N) is 1. The minimum absolute atomic E-state index is 0.466. The van der Waals surface area contributed by atoms with E-state index in [1.54, 1.807) is 0 Å². The fourth-order valence-electron chi connectivity index (χ4n) is 2.43. The highest BCUT2D eigenvalue weighted by atomic mass is 32.1. The van der Waals surface area contributed by atoms with Crippen molar-refractivity contribution in [2.45, 2.75) is 39.8 Å². The van der Waals surface area contributed by atoms with Gasteiger partial charge in [0.25, 0.3) is 0 Å². The van der Waals surface area contributed by atoms with Gasteiger partial charge in [-0.3, -0.25) is 0 Å². The fourth-order valence-corrected chi connectivity index (χ4v) is 3.13. The first-order valence-electron chi connectivity index (χ1n) is 7.12. The van der Waals surface area contributed by atoms with Crippen LogP contribution in [0.15, 0.2) is 36.0 Å². The zero-order valence-corrected chi connectivity index (χ0v) is 12.9. The van der Waals surface area contributed by atoms with Crippen LogP contribution < -0.4 is 5.32 Å². The highest BCUT2D eigenvalue weighted by Gasteiger charge is 2.15. The molecule has 0 radical (unpaired) electrons. The molecule has 2 heterocycles. The predicted molar refractivity (Wildman–Crippen MR) is 83.7 cm³/mol. The Bertz CT molecular complexity index is 471. The summed E-state index contributed by atoms with van der Waals surface area (Å²) in [6.07, 6.45) is 5.62. The van der Waals surface area contributed by atoms with Crippen LogP contribution in [-0.2, 0) is 13.0 Å². The van der Waals surface area contributed by atoms with Crippen molar-refractivity contribution in [2.75, 3.05) is 6.54 Å². The molecule has 2 aromatic heterocycles. The third-order valence-corrected chi connectivity index (χ3v) is 4.36. The van der Waals surface area contributed by atoms with Crippen LogP contribution in [-0.4, -0.2) is 11.1 Å². The van der Waals surface area contributed by atoms with Gasteiger partial charge in [0.2, 0.25) is 0 Å². The van der Waals surface area contributed by atoms with Crippen molar-refractivity contribution in [1.29, 1.82) is 0 Å². The summed E-state index contributed by atoms with van der Waals surface area (Å²) in [6.45, 7) is 8.80. The molecule has 19 heavy (non-hydrogen) atoms. The summed E-state index contributed by atoms with van der Waals surface area (Å²) in [7, 11) is 0. The van der Waals surface area contributed by atoms with Crippen molar-refractivity contribution in [3.8, 4) is 0 Å². The molecule has 1 atom stereocenters.